The van der Waals surface area contributed by atoms with Crippen LogP contribution in [-0.2, 0) is 20.9 Å². The lowest BCUT2D eigenvalue weighted by Crippen LogP contribution is -2.57. The molecule has 22 heavy (non-hydrogen) atoms. The first-order valence-electron chi connectivity index (χ1n) is 8.08. The summed E-state index contributed by atoms with van der Waals surface area (Å²) in [6.07, 6.45) is 2.74. The van der Waals surface area contributed by atoms with E-state index in [9.17, 15) is 4.79 Å². The Morgan fingerprint density at radius 3 is 3.14 bits per heavy atom. The van der Waals surface area contributed by atoms with E-state index in [1.165, 1.54) is 5.56 Å². The van der Waals surface area contributed by atoms with Gasteiger partial charge in [-0.25, -0.2) is 5.06 Å². The van der Waals surface area contributed by atoms with Gasteiger partial charge in [0.2, 0.25) is 0 Å². The summed E-state index contributed by atoms with van der Waals surface area (Å²) in [5.74, 6) is 0.141. The average molecular weight is 322 g/mol. The second-order valence-corrected chi connectivity index (χ2v) is 7.27. The first-order valence-corrected chi connectivity index (χ1v) is 9.02. The number of carbonyl (C=O) groups excluding carboxylic acids is 1. The summed E-state index contributed by atoms with van der Waals surface area (Å²) in [4.78, 5) is 21.0. The number of thiophene rings is 1. The monoisotopic (exact) mass is 322 g/mol. The zero-order valence-electron chi connectivity index (χ0n) is 12.7. The van der Waals surface area contributed by atoms with Gasteiger partial charge in [-0.3, -0.25) is 14.5 Å². The van der Waals surface area contributed by atoms with Crippen molar-refractivity contribution in [3.63, 3.8) is 0 Å². The van der Waals surface area contributed by atoms with Crippen LogP contribution in [0.15, 0.2) is 16.8 Å². The fraction of sp³-hybridized carbons (Fsp3) is 0.688. The van der Waals surface area contributed by atoms with E-state index in [0.29, 0.717) is 13.2 Å². The molecule has 1 amide bonds. The molecule has 6 heteroatoms. The van der Waals surface area contributed by atoms with Crippen LogP contribution in [-0.4, -0.2) is 54.8 Å². The maximum Gasteiger partial charge on any atom is 0.256 e. The van der Waals surface area contributed by atoms with Crippen molar-refractivity contribution in [3.05, 3.63) is 22.4 Å². The van der Waals surface area contributed by atoms with Crippen molar-refractivity contribution >= 4 is 17.2 Å². The van der Waals surface area contributed by atoms with E-state index in [0.717, 1.165) is 45.4 Å². The molecule has 4 heterocycles. The highest BCUT2D eigenvalue weighted by atomic mass is 32.1. The van der Waals surface area contributed by atoms with Crippen molar-refractivity contribution in [1.82, 2.24) is 9.96 Å². The second-order valence-electron chi connectivity index (χ2n) is 6.49. The molecule has 3 aliphatic heterocycles. The Morgan fingerprint density at radius 1 is 1.41 bits per heavy atom. The van der Waals surface area contributed by atoms with E-state index in [4.69, 9.17) is 9.57 Å². The molecule has 0 saturated carbocycles. The molecule has 3 saturated heterocycles. The van der Waals surface area contributed by atoms with Crippen molar-refractivity contribution in [1.29, 1.82) is 0 Å². The summed E-state index contributed by atoms with van der Waals surface area (Å²) in [6.45, 7) is 4.77. The molecule has 0 spiro atoms. The van der Waals surface area contributed by atoms with E-state index in [2.05, 4.69) is 21.7 Å². The van der Waals surface area contributed by atoms with Gasteiger partial charge in [0.05, 0.1) is 24.7 Å². The summed E-state index contributed by atoms with van der Waals surface area (Å²) in [6, 6.07) is 2.17. The molecule has 0 aliphatic carbocycles. The standard InChI is InChI=1S/C16H22N2O3S/c19-15(18-5-1-7-21-18)16-4-8-20-14(16)2-6-17(12-16)10-13-3-9-22-11-13/h3,9,11,14H,1-2,4-8,10,12H2/t14-,16-/m1/s1. The Balaban J connectivity index is 1.53. The molecule has 0 unspecified atom stereocenters. The SMILES string of the molecule is O=C(N1CCCO1)[C@@]12CCO[C@@H]1CCN(Cc1ccsc1)C2. The number of piperidine rings is 1. The van der Waals surface area contributed by atoms with Crippen LogP contribution in [0.1, 0.15) is 24.8 Å². The molecule has 5 nitrogen and oxygen atoms in total. The molecule has 0 radical (unpaired) electrons. The number of likely N-dealkylation sites (tertiary alicyclic amines) is 1. The van der Waals surface area contributed by atoms with Crippen LogP contribution >= 0.6 is 11.3 Å². The predicted octanol–water partition coefficient (Wildman–Crippen LogP) is 1.89. The molecule has 120 valence electrons. The quantitative estimate of drug-likeness (QED) is 0.852. The number of fused-ring (bicyclic) bond motifs is 1. The minimum absolute atomic E-state index is 0.0583. The van der Waals surface area contributed by atoms with Gasteiger partial charge in [-0.2, -0.15) is 11.3 Å². The Kier molecular flexibility index (Phi) is 3.94. The maximum absolute atomic E-state index is 13.0. The average Bonchev–Trinajstić information content (AvgIpc) is 3.27. The highest BCUT2D eigenvalue weighted by Crippen LogP contribution is 2.43. The lowest BCUT2D eigenvalue weighted by molar-refractivity contribution is -0.187. The Bertz CT molecular complexity index is 530. The minimum Gasteiger partial charge on any atom is -0.377 e. The number of hydroxylamine groups is 2. The number of hydrogen-bond donors (Lipinski definition) is 0. The van der Waals surface area contributed by atoms with Gasteiger partial charge in [-0.15, -0.1) is 0 Å². The van der Waals surface area contributed by atoms with Crippen molar-refractivity contribution in [2.45, 2.75) is 31.9 Å². The molecule has 2 atom stereocenters. The molecule has 1 aromatic heterocycles. The van der Waals surface area contributed by atoms with Gasteiger partial charge >= 0.3 is 0 Å². The number of amides is 1. The topological polar surface area (TPSA) is 42.0 Å². The van der Waals surface area contributed by atoms with Crippen LogP contribution in [0.4, 0.5) is 0 Å². The smallest absolute Gasteiger partial charge is 0.256 e. The fourth-order valence-corrected chi connectivity index (χ4v) is 4.63. The third-order valence-corrected chi connectivity index (χ3v) is 5.82. The van der Waals surface area contributed by atoms with Gasteiger partial charge in [0, 0.05) is 26.2 Å². The number of rotatable bonds is 3. The highest BCUT2D eigenvalue weighted by Gasteiger charge is 2.55. The third-order valence-electron chi connectivity index (χ3n) is 5.09. The number of hydrogen-bond acceptors (Lipinski definition) is 5. The Hall–Kier alpha value is -0.950. The summed E-state index contributed by atoms with van der Waals surface area (Å²) in [7, 11) is 0. The van der Waals surface area contributed by atoms with Crippen LogP contribution in [0.25, 0.3) is 0 Å². The molecule has 0 aromatic carbocycles. The maximum atomic E-state index is 13.0. The molecule has 1 aromatic rings. The van der Waals surface area contributed by atoms with Gasteiger partial charge < -0.3 is 4.74 Å². The van der Waals surface area contributed by atoms with Crippen LogP contribution in [0, 0.1) is 5.41 Å². The molecule has 0 bridgehead atoms. The van der Waals surface area contributed by atoms with Gasteiger partial charge in [0.25, 0.3) is 5.91 Å². The van der Waals surface area contributed by atoms with Gasteiger partial charge in [-0.1, -0.05) is 0 Å². The zero-order chi connectivity index (χ0) is 15.0. The first kappa shape index (κ1) is 14.6. The van der Waals surface area contributed by atoms with Gasteiger partial charge in [-0.05, 0) is 41.7 Å². The van der Waals surface area contributed by atoms with Crippen LogP contribution in [0.2, 0.25) is 0 Å². The van der Waals surface area contributed by atoms with Crippen molar-refractivity contribution in [2.75, 3.05) is 32.8 Å². The predicted molar refractivity (Wildman–Crippen MR) is 83.3 cm³/mol. The second kappa shape index (κ2) is 5.92. The Morgan fingerprint density at radius 2 is 2.36 bits per heavy atom. The van der Waals surface area contributed by atoms with Crippen LogP contribution in [0.3, 0.4) is 0 Å². The van der Waals surface area contributed by atoms with Crippen molar-refractivity contribution < 1.29 is 14.4 Å². The van der Waals surface area contributed by atoms with E-state index >= 15 is 0 Å². The summed E-state index contributed by atoms with van der Waals surface area (Å²) < 4.78 is 5.90. The molecule has 0 N–H and O–H groups in total. The Labute approximate surface area is 134 Å². The van der Waals surface area contributed by atoms with E-state index in [-0.39, 0.29) is 12.0 Å². The largest absolute Gasteiger partial charge is 0.377 e. The van der Waals surface area contributed by atoms with E-state index < -0.39 is 5.41 Å². The summed E-state index contributed by atoms with van der Waals surface area (Å²) >= 11 is 1.73. The highest BCUT2D eigenvalue weighted by molar-refractivity contribution is 7.07. The lowest BCUT2D eigenvalue weighted by Gasteiger charge is -2.43. The third kappa shape index (κ3) is 2.48. The van der Waals surface area contributed by atoms with Crippen LogP contribution < -0.4 is 0 Å². The number of nitrogens with zero attached hydrogens (tertiary/aromatic N) is 2. The van der Waals surface area contributed by atoms with Gasteiger partial charge in [0.1, 0.15) is 0 Å². The number of carbonyl (C=O) groups is 1. The normalized spacial score (nSPS) is 32.4. The molecule has 3 aliphatic rings. The first-order chi connectivity index (χ1) is 10.8. The van der Waals surface area contributed by atoms with Crippen molar-refractivity contribution in [2.24, 2.45) is 5.41 Å². The van der Waals surface area contributed by atoms with Crippen LogP contribution in [0.5, 0.6) is 0 Å². The van der Waals surface area contributed by atoms with Gasteiger partial charge in [0.15, 0.2) is 0 Å². The van der Waals surface area contributed by atoms with E-state index in [1.807, 2.05) is 0 Å². The van der Waals surface area contributed by atoms with E-state index in [1.54, 1.807) is 16.4 Å². The summed E-state index contributed by atoms with van der Waals surface area (Å²) in [5, 5.41) is 5.89. The molecular formula is C16H22N2O3S. The molecule has 3 fully saturated rings. The summed E-state index contributed by atoms with van der Waals surface area (Å²) in [5.41, 5.74) is 0.931. The lowest BCUT2D eigenvalue weighted by atomic mass is 9.75. The zero-order valence-corrected chi connectivity index (χ0v) is 13.5. The molecular weight excluding hydrogens is 300 g/mol. The number of ether oxygens (including phenoxy) is 1. The molecule has 4 rings (SSSR count). The minimum atomic E-state index is -0.404. The fourth-order valence-electron chi connectivity index (χ4n) is 3.97. The van der Waals surface area contributed by atoms with Crippen molar-refractivity contribution in [3.8, 4) is 0 Å².